The molecule has 0 radical (unpaired) electrons. The van der Waals surface area contributed by atoms with Crippen molar-refractivity contribution in [2.45, 2.75) is 25.7 Å². The summed E-state index contributed by atoms with van der Waals surface area (Å²) < 4.78 is 4.82. The maximum Gasteiger partial charge on any atom is 0.319 e. The molecule has 1 aromatic carbocycles. The fourth-order valence-electron chi connectivity index (χ4n) is 2.55. The molecule has 0 aliphatic heterocycles. The van der Waals surface area contributed by atoms with Gasteiger partial charge in [-0.3, -0.25) is 9.59 Å². The molecule has 18 heavy (non-hydrogen) atoms. The topological polar surface area (TPSA) is 43.4 Å². The number of esters is 1. The monoisotopic (exact) mass is 266 g/mol. The summed E-state index contributed by atoms with van der Waals surface area (Å²) in [5.41, 5.74) is -0.0530. The predicted octanol–water partition coefficient (Wildman–Crippen LogP) is 2.79. The van der Waals surface area contributed by atoms with E-state index in [1.807, 2.05) is 12.1 Å². The molecule has 0 N–H and O–H groups in total. The van der Waals surface area contributed by atoms with E-state index in [1.54, 1.807) is 12.1 Å². The minimum Gasteiger partial charge on any atom is -0.468 e. The van der Waals surface area contributed by atoms with Gasteiger partial charge in [0.1, 0.15) is 5.41 Å². The molecule has 1 saturated carbocycles. The lowest BCUT2D eigenvalue weighted by molar-refractivity contribution is -0.156. The summed E-state index contributed by atoms with van der Waals surface area (Å²) in [7, 11) is 1.33. The average Bonchev–Trinajstić information content (AvgIpc) is 2.74. The number of halogens is 1. The molecule has 96 valence electrons. The molecule has 1 aliphatic carbocycles. The Morgan fingerprint density at radius 2 is 2.06 bits per heavy atom. The van der Waals surface area contributed by atoms with E-state index in [0.29, 0.717) is 24.3 Å². The third-order valence-electron chi connectivity index (χ3n) is 3.54. The van der Waals surface area contributed by atoms with E-state index in [2.05, 4.69) is 0 Å². The minimum absolute atomic E-state index is 0.00991. The van der Waals surface area contributed by atoms with Crippen molar-refractivity contribution in [2.75, 3.05) is 7.11 Å². The lowest BCUT2D eigenvalue weighted by Gasteiger charge is -2.24. The third kappa shape index (κ3) is 2.27. The van der Waals surface area contributed by atoms with Crippen LogP contribution in [0.25, 0.3) is 0 Å². The van der Waals surface area contributed by atoms with Gasteiger partial charge in [0.2, 0.25) is 0 Å². The first-order valence-corrected chi connectivity index (χ1v) is 6.32. The molecule has 0 spiro atoms. The number of hydrogen-bond donors (Lipinski definition) is 0. The van der Waals surface area contributed by atoms with Crippen LogP contribution in [0.15, 0.2) is 24.3 Å². The van der Waals surface area contributed by atoms with Crippen LogP contribution in [0.1, 0.15) is 24.8 Å². The third-order valence-corrected chi connectivity index (χ3v) is 3.79. The minimum atomic E-state index is -0.984. The van der Waals surface area contributed by atoms with E-state index in [1.165, 1.54) is 7.11 Å². The maximum atomic E-state index is 12.0. The fraction of sp³-hybridized carbons (Fsp3) is 0.429. The van der Waals surface area contributed by atoms with Crippen LogP contribution in [0.5, 0.6) is 0 Å². The van der Waals surface area contributed by atoms with Crippen molar-refractivity contribution in [3.05, 3.63) is 34.9 Å². The largest absolute Gasteiger partial charge is 0.468 e. The van der Waals surface area contributed by atoms with Gasteiger partial charge in [0.05, 0.1) is 7.11 Å². The van der Waals surface area contributed by atoms with Crippen LogP contribution >= 0.6 is 11.6 Å². The number of ketones is 1. The highest BCUT2D eigenvalue weighted by Gasteiger charge is 2.49. The lowest BCUT2D eigenvalue weighted by atomic mass is 9.79. The van der Waals surface area contributed by atoms with E-state index in [0.717, 1.165) is 12.0 Å². The van der Waals surface area contributed by atoms with Crippen LogP contribution in [-0.2, 0) is 20.7 Å². The van der Waals surface area contributed by atoms with Gasteiger partial charge in [0.15, 0.2) is 5.78 Å². The van der Waals surface area contributed by atoms with Crippen molar-refractivity contribution in [1.82, 2.24) is 0 Å². The normalized spacial score (nSPS) is 23.1. The number of rotatable bonds is 3. The van der Waals surface area contributed by atoms with Gasteiger partial charge in [0, 0.05) is 11.4 Å². The van der Waals surface area contributed by atoms with Crippen molar-refractivity contribution >= 4 is 23.4 Å². The highest BCUT2D eigenvalue weighted by atomic mass is 35.5. The molecule has 1 fully saturated rings. The molecule has 1 aliphatic rings. The second kappa shape index (κ2) is 5.11. The summed E-state index contributed by atoms with van der Waals surface area (Å²) in [5, 5.41) is 0.642. The maximum absolute atomic E-state index is 12.0. The number of methoxy groups -OCH3 is 1. The van der Waals surface area contributed by atoms with Crippen molar-refractivity contribution in [2.24, 2.45) is 5.41 Å². The first kappa shape index (κ1) is 13.1. The van der Waals surface area contributed by atoms with Crippen LogP contribution in [0.2, 0.25) is 5.02 Å². The van der Waals surface area contributed by atoms with Crippen LogP contribution in [-0.4, -0.2) is 18.9 Å². The van der Waals surface area contributed by atoms with Gasteiger partial charge < -0.3 is 4.74 Å². The Bertz CT molecular complexity index is 466. The molecule has 0 bridgehead atoms. The Labute approximate surface area is 111 Å². The Hall–Kier alpha value is -1.35. The Kier molecular flexibility index (Phi) is 3.71. The number of benzene rings is 1. The summed E-state index contributed by atoms with van der Waals surface area (Å²) >= 11 is 5.82. The van der Waals surface area contributed by atoms with Gasteiger partial charge in [-0.05, 0) is 37.0 Å². The number of carbonyl (C=O) groups excluding carboxylic acids is 2. The Morgan fingerprint density at radius 3 is 2.56 bits per heavy atom. The zero-order chi connectivity index (χ0) is 13.2. The number of Topliss-reactive ketones (excluding diaryl/α,β-unsaturated/α-hetero) is 1. The molecule has 0 saturated heterocycles. The first-order chi connectivity index (χ1) is 8.58. The first-order valence-electron chi connectivity index (χ1n) is 5.95. The van der Waals surface area contributed by atoms with Gasteiger partial charge in [-0.1, -0.05) is 23.7 Å². The van der Waals surface area contributed by atoms with Crippen LogP contribution in [0, 0.1) is 5.41 Å². The molecule has 0 heterocycles. The lowest BCUT2D eigenvalue weighted by Crippen LogP contribution is -2.38. The second-order valence-corrected chi connectivity index (χ2v) is 5.09. The summed E-state index contributed by atoms with van der Waals surface area (Å²) in [6.45, 7) is 0. The Morgan fingerprint density at radius 1 is 1.39 bits per heavy atom. The van der Waals surface area contributed by atoms with E-state index >= 15 is 0 Å². The molecule has 0 unspecified atom stereocenters. The molecule has 4 heteroatoms. The summed E-state index contributed by atoms with van der Waals surface area (Å²) in [6.07, 6.45) is 2.18. The van der Waals surface area contributed by atoms with Gasteiger partial charge >= 0.3 is 5.97 Å². The predicted molar refractivity (Wildman–Crippen MR) is 68.5 cm³/mol. The standard InChI is InChI=1S/C14H15ClO3/c1-18-13(17)14(8-2-3-12(14)16)9-10-4-6-11(15)7-5-10/h4-7H,2-3,8-9H2,1H3/t14-/m0/s1. The van der Waals surface area contributed by atoms with Crippen LogP contribution in [0.3, 0.4) is 0 Å². The molecular weight excluding hydrogens is 252 g/mol. The van der Waals surface area contributed by atoms with E-state index < -0.39 is 11.4 Å². The van der Waals surface area contributed by atoms with E-state index in [4.69, 9.17) is 16.3 Å². The number of hydrogen-bond acceptors (Lipinski definition) is 3. The second-order valence-electron chi connectivity index (χ2n) is 4.65. The fourth-order valence-corrected chi connectivity index (χ4v) is 2.68. The number of carbonyl (C=O) groups is 2. The van der Waals surface area contributed by atoms with Gasteiger partial charge in [-0.15, -0.1) is 0 Å². The quantitative estimate of drug-likeness (QED) is 0.624. The van der Waals surface area contributed by atoms with E-state index in [-0.39, 0.29) is 5.78 Å². The molecule has 0 amide bonds. The van der Waals surface area contributed by atoms with Gasteiger partial charge in [-0.2, -0.15) is 0 Å². The van der Waals surface area contributed by atoms with Crippen molar-refractivity contribution in [3.63, 3.8) is 0 Å². The highest BCUT2D eigenvalue weighted by Crippen LogP contribution is 2.39. The SMILES string of the molecule is COC(=O)[C@]1(Cc2ccc(Cl)cc2)CCCC1=O. The molecule has 1 atom stereocenters. The molecule has 2 rings (SSSR count). The average molecular weight is 267 g/mol. The van der Waals surface area contributed by atoms with Crippen molar-refractivity contribution < 1.29 is 14.3 Å². The molecule has 1 aromatic rings. The zero-order valence-corrected chi connectivity index (χ0v) is 11.0. The van der Waals surface area contributed by atoms with Gasteiger partial charge in [0.25, 0.3) is 0 Å². The number of ether oxygens (including phenoxy) is 1. The van der Waals surface area contributed by atoms with E-state index in [9.17, 15) is 9.59 Å². The van der Waals surface area contributed by atoms with Crippen LogP contribution in [0.4, 0.5) is 0 Å². The summed E-state index contributed by atoms with van der Waals surface area (Å²) in [4.78, 5) is 24.0. The molecule has 3 nitrogen and oxygen atoms in total. The summed E-state index contributed by atoms with van der Waals surface area (Å²) in [5.74, 6) is -0.427. The molecular formula is C14H15ClO3. The Balaban J connectivity index is 2.28. The van der Waals surface area contributed by atoms with Crippen molar-refractivity contribution in [3.8, 4) is 0 Å². The smallest absolute Gasteiger partial charge is 0.319 e. The van der Waals surface area contributed by atoms with Crippen LogP contribution < -0.4 is 0 Å². The molecule has 0 aromatic heterocycles. The zero-order valence-electron chi connectivity index (χ0n) is 10.2. The summed E-state index contributed by atoms with van der Waals surface area (Å²) in [6, 6.07) is 7.22. The van der Waals surface area contributed by atoms with Gasteiger partial charge in [-0.25, -0.2) is 0 Å². The highest BCUT2D eigenvalue weighted by molar-refractivity contribution is 6.30. The van der Waals surface area contributed by atoms with Crippen molar-refractivity contribution in [1.29, 1.82) is 0 Å².